The van der Waals surface area contributed by atoms with Crippen LogP contribution in [0.3, 0.4) is 0 Å². The summed E-state index contributed by atoms with van der Waals surface area (Å²) >= 11 is 5.89. The molecule has 0 bridgehead atoms. The number of carbonyl (C=O) groups is 1. The number of aromatic nitrogens is 5. The second kappa shape index (κ2) is 8.46. The Morgan fingerprint density at radius 2 is 1.97 bits per heavy atom. The molecule has 8 nitrogen and oxygen atoms in total. The number of amides is 1. The van der Waals surface area contributed by atoms with Crippen LogP contribution in [0.4, 0.5) is 5.69 Å². The molecule has 0 aliphatic heterocycles. The predicted molar refractivity (Wildman–Crippen MR) is 113 cm³/mol. The van der Waals surface area contributed by atoms with Crippen LogP contribution in [0.1, 0.15) is 23.7 Å². The molecule has 4 aromatic rings. The lowest BCUT2D eigenvalue weighted by molar-refractivity contribution is -0.116. The molecule has 0 saturated heterocycles. The van der Waals surface area contributed by atoms with Crippen molar-refractivity contribution in [2.75, 3.05) is 5.32 Å². The highest BCUT2D eigenvalue weighted by atomic mass is 35.5. The average molecular weight is 423 g/mol. The molecule has 0 spiro atoms. The summed E-state index contributed by atoms with van der Waals surface area (Å²) in [7, 11) is 0. The molecular weight excluding hydrogens is 404 g/mol. The molecule has 9 heteroatoms. The lowest BCUT2D eigenvalue weighted by Gasteiger charge is -2.06. The van der Waals surface area contributed by atoms with Gasteiger partial charge in [-0.05, 0) is 56.3 Å². The number of nitrogens with zero attached hydrogens (tertiary/aromatic N) is 5. The molecule has 30 heavy (non-hydrogen) atoms. The molecular formula is C21H19ClN6O2. The Morgan fingerprint density at radius 3 is 2.63 bits per heavy atom. The van der Waals surface area contributed by atoms with Crippen LogP contribution in [-0.2, 0) is 11.2 Å². The first-order chi connectivity index (χ1) is 14.5. The van der Waals surface area contributed by atoms with Crippen LogP contribution in [0.25, 0.3) is 17.2 Å². The summed E-state index contributed by atoms with van der Waals surface area (Å²) in [5.74, 6) is 1.39. The number of halogens is 1. The highest BCUT2D eigenvalue weighted by Gasteiger charge is 2.11. The Labute approximate surface area is 177 Å². The van der Waals surface area contributed by atoms with E-state index in [4.69, 9.17) is 16.1 Å². The van der Waals surface area contributed by atoms with Gasteiger partial charge in [-0.2, -0.15) is 10.1 Å². The number of rotatable bonds is 6. The van der Waals surface area contributed by atoms with Crippen molar-refractivity contribution in [1.82, 2.24) is 24.9 Å². The second-order valence-electron chi connectivity index (χ2n) is 6.81. The average Bonchev–Trinajstić information content (AvgIpc) is 3.34. The molecule has 0 saturated carbocycles. The van der Waals surface area contributed by atoms with E-state index >= 15 is 0 Å². The van der Waals surface area contributed by atoms with Crippen LogP contribution in [0.15, 0.2) is 53.2 Å². The van der Waals surface area contributed by atoms with Crippen molar-refractivity contribution in [3.05, 3.63) is 71.0 Å². The van der Waals surface area contributed by atoms with Gasteiger partial charge in [0.2, 0.25) is 17.6 Å². The molecule has 3 heterocycles. The van der Waals surface area contributed by atoms with Gasteiger partial charge in [0.1, 0.15) is 0 Å². The number of pyridine rings is 1. The van der Waals surface area contributed by atoms with Crippen molar-refractivity contribution < 1.29 is 9.32 Å². The largest absolute Gasteiger partial charge is 0.339 e. The van der Waals surface area contributed by atoms with Crippen molar-refractivity contribution in [1.29, 1.82) is 0 Å². The molecule has 0 aliphatic rings. The molecule has 0 fully saturated rings. The van der Waals surface area contributed by atoms with Crippen molar-refractivity contribution in [3.63, 3.8) is 0 Å². The lowest BCUT2D eigenvalue weighted by Crippen LogP contribution is -2.13. The van der Waals surface area contributed by atoms with Gasteiger partial charge < -0.3 is 9.84 Å². The summed E-state index contributed by atoms with van der Waals surface area (Å²) in [6.07, 6.45) is 2.15. The van der Waals surface area contributed by atoms with Gasteiger partial charge >= 0.3 is 0 Å². The Morgan fingerprint density at radius 1 is 1.17 bits per heavy atom. The fourth-order valence-electron chi connectivity index (χ4n) is 2.96. The van der Waals surface area contributed by atoms with E-state index in [1.165, 1.54) is 0 Å². The van der Waals surface area contributed by atoms with Gasteiger partial charge in [0.05, 0.1) is 17.6 Å². The maximum Gasteiger partial charge on any atom is 0.227 e. The molecule has 0 aliphatic carbocycles. The third-order valence-corrected chi connectivity index (χ3v) is 4.65. The molecule has 1 amide bonds. The number of hydrogen-bond acceptors (Lipinski definition) is 6. The third-order valence-electron chi connectivity index (χ3n) is 4.39. The Bertz CT molecular complexity index is 1170. The summed E-state index contributed by atoms with van der Waals surface area (Å²) in [5.41, 5.74) is 3.33. The van der Waals surface area contributed by atoms with E-state index in [0.29, 0.717) is 34.7 Å². The summed E-state index contributed by atoms with van der Waals surface area (Å²) in [6, 6.07) is 12.7. The zero-order valence-electron chi connectivity index (χ0n) is 16.5. The fourth-order valence-corrected chi connectivity index (χ4v) is 3.09. The molecule has 152 valence electrons. The highest BCUT2D eigenvalue weighted by molar-refractivity contribution is 6.30. The third kappa shape index (κ3) is 4.55. The van der Waals surface area contributed by atoms with Crippen molar-refractivity contribution >= 4 is 23.2 Å². The van der Waals surface area contributed by atoms with Crippen LogP contribution >= 0.6 is 11.6 Å². The van der Waals surface area contributed by atoms with Gasteiger partial charge in [-0.15, -0.1) is 0 Å². The number of carbonyl (C=O) groups excluding carboxylic acids is 1. The van der Waals surface area contributed by atoms with E-state index in [0.717, 1.165) is 17.0 Å². The minimum Gasteiger partial charge on any atom is -0.339 e. The SMILES string of the molecule is Cc1cc(C)n(-c2ccc(NC(=O)CCc3nc(-c4ccc(Cl)cc4)no3)cn2)n1. The standard InChI is InChI=1S/C21H19ClN6O2/c1-13-11-14(2)28(26-13)18-8-7-17(12-23-18)24-19(29)9-10-20-25-21(27-30-20)15-3-5-16(22)6-4-15/h3-8,11-12H,9-10H2,1-2H3,(H,24,29). The molecule has 0 unspecified atom stereocenters. The van der Waals surface area contributed by atoms with Crippen molar-refractivity contribution in [2.24, 2.45) is 0 Å². The summed E-state index contributed by atoms with van der Waals surface area (Å²) in [6.45, 7) is 3.90. The minimum atomic E-state index is -0.165. The molecule has 1 aromatic carbocycles. The Hall–Kier alpha value is -3.52. The quantitative estimate of drug-likeness (QED) is 0.501. The van der Waals surface area contributed by atoms with E-state index < -0.39 is 0 Å². The zero-order chi connectivity index (χ0) is 21.1. The van der Waals surface area contributed by atoms with Crippen LogP contribution in [-0.4, -0.2) is 30.8 Å². The first kappa shape index (κ1) is 19.8. The van der Waals surface area contributed by atoms with Crippen molar-refractivity contribution in [2.45, 2.75) is 26.7 Å². The van der Waals surface area contributed by atoms with E-state index in [1.54, 1.807) is 29.1 Å². The second-order valence-corrected chi connectivity index (χ2v) is 7.25. The van der Waals surface area contributed by atoms with Gasteiger partial charge in [-0.3, -0.25) is 4.79 Å². The first-order valence-corrected chi connectivity index (χ1v) is 9.74. The summed E-state index contributed by atoms with van der Waals surface area (Å²) in [4.78, 5) is 20.9. The lowest BCUT2D eigenvalue weighted by atomic mass is 10.2. The number of aryl methyl sites for hydroxylation is 3. The summed E-state index contributed by atoms with van der Waals surface area (Å²) < 4.78 is 6.99. The van der Waals surface area contributed by atoms with Crippen LogP contribution < -0.4 is 5.32 Å². The fraction of sp³-hybridized carbons (Fsp3) is 0.190. The molecule has 3 aromatic heterocycles. The van der Waals surface area contributed by atoms with E-state index in [2.05, 4.69) is 25.5 Å². The van der Waals surface area contributed by atoms with Gasteiger partial charge in [0, 0.05) is 29.1 Å². The summed E-state index contributed by atoms with van der Waals surface area (Å²) in [5, 5.41) is 11.8. The van der Waals surface area contributed by atoms with Gasteiger partial charge in [0.25, 0.3) is 0 Å². The molecule has 0 atom stereocenters. The van der Waals surface area contributed by atoms with E-state index in [9.17, 15) is 4.79 Å². The normalized spacial score (nSPS) is 10.9. The molecule has 0 radical (unpaired) electrons. The minimum absolute atomic E-state index is 0.165. The Balaban J connectivity index is 1.33. The smallest absolute Gasteiger partial charge is 0.227 e. The first-order valence-electron chi connectivity index (χ1n) is 9.36. The van der Waals surface area contributed by atoms with Crippen molar-refractivity contribution in [3.8, 4) is 17.2 Å². The van der Waals surface area contributed by atoms with Crippen LogP contribution in [0, 0.1) is 13.8 Å². The van der Waals surface area contributed by atoms with Crippen LogP contribution in [0.5, 0.6) is 0 Å². The molecule has 4 rings (SSSR count). The topological polar surface area (TPSA) is 98.7 Å². The number of nitrogens with one attached hydrogen (secondary N) is 1. The van der Waals surface area contributed by atoms with E-state index in [1.807, 2.05) is 38.1 Å². The number of hydrogen-bond donors (Lipinski definition) is 1. The number of benzene rings is 1. The highest BCUT2D eigenvalue weighted by Crippen LogP contribution is 2.19. The monoisotopic (exact) mass is 422 g/mol. The van der Waals surface area contributed by atoms with E-state index in [-0.39, 0.29) is 12.3 Å². The zero-order valence-corrected chi connectivity index (χ0v) is 17.2. The van der Waals surface area contributed by atoms with Gasteiger partial charge in [0.15, 0.2) is 5.82 Å². The number of anilines is 1. The maximum atomic E-state index is 12.3. The predicted octanol–water partition coefficient (Wildman–Crippen LogP) is 4.16. The molecule has 1 N–H and O–H groups in total. The maximum absolute atomic E-state index is 12.3. The van der Waals surface area contributed by atoms with Crippen LogP contribution in [0.2, 0.25) is 5.02 Å². The Kier molecular flexibility index (Phi) is 5.58. The van der Waals surface area contributed by atoms with Gasteiger partial charge in [-0.25, -0.2) is 9.67 Å². The van der Waals surface area contributed by atoms with Gasteiger partial charge in [-0.1, -0.05) is 16.8 Å².